The van der Waals surface area contributed by atoms with E-state index in [1.165, 1.54) is 12.1 Å². The normalized spacial score (nSPS) is 11.7. The standard InChI is InChI=1S/C19H27N5O8S/c1-2-3-4-14(19(29)30)24-17(27)11-22-15(25)9-21-16(26)10-23-18(28)12-5-7-13(8-6-12)33(20,31)32/h5-8,14H,2-4,9-11H2,1H3,(H,21,26)(H,22,25)(H,23,28)(H,24,27)(H,29,30)(H2,20,31,32)/t14-/m0/s1. The van der Waals surface area contributed by atoms with E-state index in [0.717, 1.165) is 18.6 Å². The van der Waals surface area contributed by atoms with Crippen LogP contribution >= 0.6 is 0 Å². The molecule has 14 heteroatoms. The van der Waals surface area contributed by atoms with Crippen molar-refractivity contribution in [3.63, 3.8) is 0 Å². The fraction of sp³-hybridized carbons (Fsp3) is 0.421. The number of hydrogen-bond acceptors (Lipinski definition) is 7. The molecular weight excluding hydrogens is 458 g/mol. The number of rotatable bonds is 13. The molecule has 0 heterocycles. The van der Waals surface area contributed by atoms with Gasteiger partial charge in [-0.2, -0.15) is 0 Å². The Kier molecular flexibility index (Phi) is 10.9. The van der Waals surface area contributed by atoms with Gasteiger partial charge in [-0.25, -0.2) is 18.4 Å². The molecule has 0 aliphatic carbocycles. The molecule has 0 aliphatic heterocycles. The van der Waals surface area contributed by atoms with Crippen LogP contribution in [-0.2, 0) is 29.2 Å². The van der Waals surface area contributed by atoms with Crippen molar-refractivity contribution < 1.29 is 37.5 Å². The Bertz CT molecular complexity index is 978. The quantitative estimate of drug-likeness (QED) is 0.184. The van der Waals surface area contributed by atoms with Crippen molar-refractivity contribution in [1.29, 1.82) is 0 Å². The summed E-state index contributed by atoms with van der Waals surface area (Å²) in [7, 11) is -3.90. The molecule has 1 aromatic rings. The van der Waals surface area contributed by atoms with Gasteiger partial charge < -0.3 is 26.4 Å². The number of carbonyl (C=O) groups excluding carboxylic acids is 4. The molecular formula is C19H27N5O8S. The highest BCUT2D eigenvalue weighted by atomic mass is 32.2. The van der Waals surface area contributed by atoms with Gasteiger partial charge in [-0.1, -0.05) is 19.8 Å². The third kappa shape index (κ3) is 10.6. The van der Waals surface area contributed by atoms with Crippen LogP contribution in [0, 0.1) is 0 Å². The maximum Gasteiger partial charge on any atom is 0.326 e. The number of carboxylic acids is 1. The van der Waals surface area contributed by atoms with Crippen molar-refractivity contribution in [3.05, 3.63) is 29.8 Å². The second-order valence-electron chi connectivity index (χ2n) is 6.91. The van der Waals surface area contributed by atoms with E-state index < -0.39 is 65.3 Å². The van der Waals surface area contributed by atoms with Crippen molar-refractivity contribution in [2.45, 2.75) is 37.1 Å². The Hall–Kier alpha value is -3.52. The van der Waals surface area contributed by atoms with E-state index in [9.17, 15) is 32.4 Å². The molecule has 0 bridgehead atoms. The number of hydrogen-bond donors (Lipinski definition) is 6. The molecule has 1 atom stereocenters. The molecule has 0 unspecified atom stereocenters. The summed E-state index contributed by atoms with van der Waals surface area (Å²) in [5, 5.41) is 23.1. The van der Waals surface area contributed by atoms with Crippen LogP contribution in [-0.4, -0.2) is 68.8 Å². The molecule has 0 saturated heterocycles. The highest BCUT2D eigenvalue weighted by Crippen LogP contribution is 2.08. The van der Waals surface area contributed by atoms with E-state index in [-0.39, 0.29) is 16.9 Å². The summed E-state index contributed by atoms with van der Waals surface area (Å²) in [5.74, 6) is -3.88. The molecule has 0 spiro atoms. The minimum atomic E-state index is -3.90. The Morgan fingerprint density at radius 2 is 1.42 bits per heavy atom. The molecule has 0 fully saturated rings. The third-order valence-electron chi connectivity index (χ3n) is 4.23. The second-order valence-corrected chi connectivity index (χ2v) is 8.47. The molecule has 7 N–H and O–H groups in total. The maximum absolute atomic E-state index is 12.0. The molecule has 13 nitrogen and oxygen atoms in total. The van der Waals surface area contributed by atoms with Crippen LogP contribution in [0.25, 0.3) is 0 Å². The first-order valence-electron chi connectivity index (χ1n) is 9.90. The highest BCUT2D eigenvalue weighted by molar-refractivity contribution is 7.89. The highest BCUT2D eigenvalue weighted by Gasteiger charge is 2.19. The van der Waals surface area contributed by atoms with Crippen LogP contribution < -0.4 is 26.4 Å². The van der Waals surface area contributed by atoms with Gasteiger partial charge in [-0.3, -0.25) is 19.2 Å². The van der Waals surface area contributed by atoms with Crippen LogP contribution in [0.5, 0.6) is 0 Å². The zero-order chi connectivity index (χ0) is 25.0. The van der Waals surface area contributed by atoms with Gasteiger partial charge in [-0.05, 0) is 30.7 Å². The molecule has 33 heavy (non-hydrogen) atoms. The van der Waals surface area contributed by atoms with E-state index in [1.807, 2.05) is 6.92 Å². The minimum Gasteiger partial charge on any atom is -0.480 e. The molecule has 0 radical (unpaired) electrons. The van der Waals surface area contributed by atoms with E-state index in [0.29, 0.717) is 6.42 Å². The number of nitrogens with two attached hydrogens (primary N) is 1. The molecule has 0 aromatic heterocycles. The lowest BCUT2D eigenvalue weighted by atomic mass is 10.1. The number of carbonyl (C=O) groups is 5. The predicted octanol–water partition coefficient (Wildman–Crippen LogP) is -1.94. The number of aliphatic carboxylic acids is 1. The lowest BCUT2D eigenvalue weighted by molar-refractivity contribution is -0.142. The predicted molar refractivity (Wildman–Crippen MR) is 115 cm³/mol. The summed E-state index contributed by atoms with van der Waals surface area (Å²) < 4.78 is 22.4. The SMILES string of the molecule is CCCC[C@H](NC(=O)CNC(=O)CNC(=O)CNC(=O)c1ccc(S(N)(=O)=O)cc1)C(=O)O. The molecule has 182 valence electrons. The average Bonchev–Trinajstić information content (AvgIpc) is 2.76. The number of nitrogens with one attached hydrogen (secondary N) is 4. The topological polar surface area (TPSA) is 214 Å². The van der Waals surface area contributed by atoms with Gasteiger partial charge in [0.05, 0.1) is 24.5 Å². The second kappa shape index (κ2) is 13.1. The lowest BCUT2D eigenvalue weighted by Crippen LogP contribution is -2.47. The summed E-state index contributed by atoms with van der Waals surface area (Å²) in [6.45, 7) is 0.495. The Balaban J connectivity index is 2.35. The van der Waals surface area contributed by atoms with Crippen LogP contribution in [0.4, 0.5) is 0 Å². The van der Waals surface area contributed by atoms with Crippen LogP contribution in [0.3, 0.4) is 0 Å². The number of unbranched alkanes of at least 4 members (excludes halogenated alkanes) is 1. The maximum atomic E-state index is 12.0. The Morgan fingerprint density at radius 3 is 1.91 bits per heavy atom. The van der Waals surface area contributed by atoms with Crippen molar-refractivity contribution in [3.8, 4) is 0 Å². The molecule has 0 saturated carbocycles. The smallest absolute Gasteiger partial charge is 0.326 e. The van der Waals surface area contributed by atoms with Gasteiger partial charge in [0.2, 0.25) is 27.7 Å². The summed E-state index contributed by atoms with van der Waals surface area (Å²) in [6, 6.07) is 3.69. The summed E-state index contributed by atoms with van der Waals surface area (Å²) in [6.07, 6.45) is 1.65. The summed E-state index contributed by atoms with van der Waals surface area (Å²) in [5.41, 5.74) is 0.0950. The Morgan fingerprint density at radius 1 is 0.909 bits per heavy atom. The van der Waals surface area contributed by atoms with Gasteiger partial charge >= 0.3 is 5.97 Å². The number of sulfonamides is 1. The van der Waals surface area contributed by atoms with E-state index in [4.69, 9.17) is 10.2 Å². The van der Waals surface area contributed by atoms with Crippen molar-refractivity contribution in [2.24, 2.45) is 5.14 Å². The minimum absolute atomic E-state index is 0.0950. The molecule has 4 amide bonds. The van der Waals surface area contributed by atoms with Crippen LogP contribution in [0.2, 0.25) is 0 Å². The first-order valence-corrected chi connectivity index (χ1v) is 11.4. The molecule has 1 aromatic carbocycles. The van der Waals surface area contributed by atoms with Gasteiger partial charge in [0, 0.05) is 5.56 Å². The number of benzene rings is 1. The van der Waals surface area contributed by atoms with Gasteiger partial charge in [0.1, 0.15) is 6.04 Å². The molecule has 0 aliphatic rings. The summed E-state index contributed by atoms with van der Waals surface area (Å²) in [4.78, 5) is 58.2. The number of primary sulfonamides is 1. The van der Waals surface area contributed by atoms with Gasteiger partial charge in [0.25, 0.3) is 5.91 Å². The van der Waals surface area contributed by atoms with E-state index >= 15 is 0 Å². The first-order chi connectivity index (χ1) is 15.4. The zero-order valence-corrected chi connectivity index (χ0v) is 18.7. The fourth-order valence-corrected chi connectivity index (χ4v) is 2.97. The van der Waals surface area contributed by atoms with Gasteiger partial charge in [0.15, 0.2) is 0 Å². The fourth-order valence-electron chi connectivity index (χ4n) is 2.45. The van der Waals surface area contributed by atoms with E-state index in [2.05, 4.69) is 21.3 Å². The third-order valence-corrected chi connectivity index (χ3v) is 5.16. The monoisotopic (exact) mass is 485 g/mol. The van der Waals surface area contributed by atoms with E-state index in [1.54, 1.807) is 0 Å². The summed E-state index contributed by atoms with van der Waals surface area (Å²) >= 11 is 0. The molecule has 1 rings (SSSR count). The van der Waals surface area contributed by atoms with Crippen molar-refractivity contribution in [2.75, 3.05) is 19.6 Å². The Labute approximate surface area is 190 Å². The van der Waals surface area contributed by atoms with Crippen molar-refractivity contribution >= 4 is 39.6 Å². The zero-order valence-electron chi connectivity index (χ0n) is 17.9. The number of carboxylic acid groups (broad SMARTS) is 1. The van der Waals surface area contributed by atoms with Crippen molar-refractivity contribution in [1.82, 2.24) is 21.3 Å². The van der Waals surface area contributed by atoms with Gasteiger partial charge in [-0.15, -0.1) is 0 Å². The lowest BCUT2D eigenvalue weighted by Gasteiger charge is -2.14. The number of amides is 4. The van der Waals surface area contributed by atoms with Crippen LogP contribution in [0.1, 0.15) is 36.5 Å². The first kappa shape index (κ1) is 27.5. The largest absolute Gasteiger partial charge is 0.480 e. The van der Waals surface area contributed by atoms with Crippen LogP contribution in [0.15, 0.2) is 29.2 Å². The average molecular weight is 486 g/mol.